The number of ether oxygens (including phenoxy) is 1. The monoisotopic (exact) mass is 273 g/mol. The molecule has 0 bridgehead atoms. The van der Waals surface area contributed by atoms with E-state index in [4.69, 9.17) is 10.5 Å². The number of nitrogens with one attached hydrogen (secondary N) is 1. The summed E-state index contributed by atoms with van der Waals surface area (Å²) in [5.41, 5.74) is 7.12. The highest BCUT2D eigenvalue weighted by molar-refractivity contribution is 5.40. The van der Waals surface area contributed by atoms with Crippen LogP contribution in [0, 0.1) is 0 Å². The molecular formula is C15H19N3O2. The van der Waals surface area contributed by atoms with E-state index in [0.717, 1.165) is 5.56 Å². The van der Waals surface area contributed by atoms with Crippen molar-refractivity contribution in [3.8, 4) is 0 Å². The quantitative estimate of drug-likeness (QED) is 0.895. The van der Waals surface area contributed by atoms with Gasteiger partial charge in [0.2, 0.25) is 0 Å². The van der Waals surface area contributed by atoms with Gasteiger partial charge in [-0.15, -0.1) is 0 Å². The molecule has 3 N–H and O–H groups in total. The van der Waals surface area contributed by atoms with E-state index in [1.807, 2.05) is 44.2 Å². The first kappa shape index (κ1) is 14.3. The molecule has 1 aromatic heterocycles. The molecule has 1 heterocycles. The van der Waals surface area contributed by atoms with Gasteiger partial charge in [-0.3, -0.25) is 4.79 Å². The van der Waals surface area contributed by atoms with Gasteiger partial charge in [-0.25, -0.2) is 4.98 Å². The summed E-state index contributed by atoms with van der Waals surface area (Å²) in [6.45, 7) is 3.82. The largest absolute Gasteiger partial charge is 0.383 e. The molecular weight excluding hydrogens is 254 g/mol. The lowest BCUT2D eigenvalue weighted by molar-refractivity contribution is 0.129. The van der Waals surface area contributed by atoms with Crippen LogP contribution < -0.4 is 11.3 Å². The number of methoxy groups -OCH3 is 1. The molecule has 20 heavy (non-hydrogen) atoms. The number of benzene rings is 1. The first-order valence-electron chi connectivity index (χ1n) is 6.52. The molecule has 0 spiro atoms. The van der Waals surface area contributed by atoms with Crippen LogP contribution in [-0.2, 0) is 4.74 Å². The van der Waals surface area contributed by atoms with E-state index in [-0.39, 0.29) is 17.3 Å². The number of rotatable bonds is 4. The zero-order chi connectivity index (χ0) is 14.7. The van der Waals surface area contributed by atoms with Gasteiger partial charge < -0.3 is 15.5 Å². The Labute approximate surface area is 117 Å². The number of anilines is 1. The summed E-state index contributed by atoms with van der Waals surface area (Å²) in [7, 11) is 1.57. The lowest BCUT2D eigenvalue weighted by Crippen LogP contribution is -2.23. The number of nitrogens with two attached hydrogens (primary N) is 1. The molecule has 0 aliphatic rings. The lowest BCUT2D eigenvalue weighted by atomic mass is 10.1. The van der Waals surface area contributed by atoms with Gasteiger partial charge in [0.15, 0.2) is 0 Å². The number of nitrogens with zero attached hydrogens (tertiary/aromatic N) is 1. The van der Waals surface area contributed by atoms with Gasteiger partial charge >= 0.3 is 0 Å². The third kappa shape index (κ3) is 2.72. The highest BCUT2D eigenvalue weighted by atomic mass is 16.5. The smallest absolute Gasteiger partial charge is 0.256 e. The molecule has 1 unspecified atom stereocenters. The molecule has 0 aliphatic carbocycles. The van der Waals surface area contributed by atoms with E-state index in [0.29, 0.717) is 11.4 Å². The number of aromatic nitrogens is 2. The van der Waals surface area contributed by atoms with Crippen molar-refractivity contribution in [1.29, 1.82) is 0 Å². The second kappa shape index (κ2) is 5.88. The van der Waals surface area contributed by atoms with Gasteiger partial charge in [-0.2, -0.15) is 0 Å². The van der Waals surface area contributed by atoms with E-state index < -0.39 is 6.10 Å². The molecule has 0 saturated heterocycles. The van der Waals surface area contributed by atoms with E-state index in [1.165, 1.54) is 0 Å². The minimum Gasteiger partial charge on any atom is -0.383 e. The van der Waals surface area contributed by atoms with Crippen LogP contribution in [0.1, 0.15) is 42.8 Å². The summed E-state index contributed by atoms with van der Waals surface area (Å²) in [5, 5.41) is 0. The van der Waals surface area contributed by atoms with Crippen molar-refractivity contribution in [3.05, 3.63) is 57.6 Å². The maximum atomic E-state index is 12.1. The Kier molecular flexibility index (Phi) is 4.20. The minimum atomic E-state index is -0.438. The van der Waals surface area contributed by atoms with Crippen LogP contribution in [0.3, 0.4) is 0 Å². The molecule has 5 heteroatoms. The van der Waals surface area contributed by atoms with Crippen LogP contribution in [0.2, 0.25) is 0 Å². The predicted octanol–water partition coefficient (Wildman–Crippen LogP) is 2.21. The number of hydrogen-bond donors (Lipinski definition) is 2. The molecule has 5 nitrogen and oxygen atoms in total. The van der Waals surface area contributed by atoms with Crippen molar-refractivity contribution in [2.45, 2.75) is 25.9 Å². The Morgan fingerprint density at radius 3 is 2.40 bits per heavy atom. The molecule has 106 valence electrons. The Balaban J connectivity index is 2.50. The SMILES string of the molecule is COC(c1ccccc1)c1nc(N)c(C(C)C)c(=O)[nH]1. The van der Waals surface area contributed by atoms with Crippen molar-refractivity contribution in [2.24, 2.45) is 0 Å². The van der Waals surface area contributed by atoms with Crippen molar-refractivity contribution in [1.82, 2.24) is 9.97 Å². The second-order valence-electron chi connectivity index (χ2n) is 4.93. The van der Waals surface area contributed by atoms with Crippen molar-refractivity contribution in [2.75, 3.05) is 12.8 Å². The highest BCUT2D eigenvalue weighted by Crippen LogP contribution is 2.23. The Bertz CT molecular complexity index is 635. The predicted molar refractivity (Wildman–Crippen MR) is 78.7 cm³/mol. The molecule has 0 aliphatic heterocycles. The van der Waals surface area contributed by atoms with Crippen molar-refractivity contribution >= 4 is 5.82 Å². The molecule has 0 fully saturated rings. The first-order chi connectivity index (χ1) is 9.54. The number of H-pyrrole nitrogens is 1. The van der Waals surface area contributed by atoms with Crippen LogP contribution in [0.4, 0.5) is 5.82 Å². The van der Waals surface area contributed by atoms with Crippen molar-refractivity contribution < 1.29 is 4.74 Å². The lowest BCUT2D eigenvalue weighted by Gasteiger charge is -2.16. The fraction of sp³-hybridized carbons (Fsp3) is 0.333. The third-order valence-electron chi connectivity index (χ3n) is 3.17. The molecule has 2 aromatic rings. The van der Waals surface area contributed by atoms with Crippen LogP contribution in [-0.4, -0.2) is 17.1 Å². The highest BCUT2D eigenvalue weighted by Gasteiger charge is 2.19. The average Bonchev–Trinajstić information content (AvgIpc) is 2.39. The van der Waals surface area contributed by atoms with Gasteiger partial charge in [-0.1, -0.05) is 44.2 Å². The zero-order valence-corrected chi connectivity index (χ0v) is 11.9. The van der Waals surface area contributed by atoms with E-state index in [9.17, 15) is 4.79 Å². The Morgan fingerprint density at radius 1 is 1.25 bits per heavy atom. The summed E-state index contributed by atoms with van der Waals surface area (Å²) in [6.07, 6.45) is -0.438. The third-order valence-corrected chi connectivity index (χ3v) is 3.17. The summed E-state index contributed by atoms with van der Waals surface area (Å²) < 4.78 is 5.44. The minimum absolute atomic E-state index is 0.0259. The maximum absolute atomic E-state index is 12.1. The summed E-state index contributed by atoms with van der Waals surface area (Å²) in [6, 6.07) is 9.57. The summed E-state index contributed by atoms with van der Waals surface area (Å²) >= 11 is 0. The molecule has 2 rings (SSSR count). The van der Waals surface area contributed by atoms with E-state index in [2.05, 4.69) is 9.97 Å². The van der Waals surface area contributed by atoms with E-state index >= 15 is 0 Å². The van der Waals surface area contributed by atoms with Gasteiger partial charge in [0, 0.05) is 7.11 Å². The van der Waals surface area contributed by atoms with Crippen LogP contribution in [0.25, 0.3) is 0 Å². The fourth-order valence-electron chi connectivity index (χ4n) is 2.23. The summed E-state index contributed by atoms with van der Waals surface area (Å²) in [5.74, 6) is 0.709. The normalized spacial score (nSPS) is 12.6. The number of hydrogen-bond acceptors (Lipinski definition) is 4. The fourth-order valence-corrected chi connectivity index (χ4v) is 2.23. The van der Waals surface area contributed by atoms with Crippen molar-refractivity contribution in [3.63, 3.8) is 0 Å². The Morgan fingerprint density at radius 2 is 1.90 bits per heavy atom. The van der Waals surface area contributed by atoms with Gasteiger partial charge in [0.05, 0.1) is 5.56 Å². The summed E-state index contributed by atoms with van der Waals surface area (Å²) in [4.78, 5) is 19.2. The van der Waals surface area contributed by atoms with Gasteiger partial charge in [-0.05, 0) is 11.5 Å². The maximum Gasteiger partial charge on any atom is 0.256 e. The number of nitrogen functional groups attached to an aromatic ring is 1. The standard InChI is InChI=1S/C15H19N3O2/c1-9(2)11-13(16)17-14(18-15(11)19)12(20-3)10-7-5-4-6-8-10/h4-9,12H,1-3H3,(H3,16,17,18,19). The molecule has 0 radical (unpaired) electrons. The van der Waals surface area contributed by atoms with E-state index in [1.54, 1.807) is 7.11 Å². The topological polar surface area (TPSA) is 81.0 Å². The zero-order valence-electron chi connectivity index (χ0n) is 11.9. The van der Waals surface area contributed by atoms with Crippen LogP contribution in [0.5, 0.6) is 0 Å². The van der Waals surface area contributed by atoms with Gasteiger partial charge in [0.1, 0.15) is 17.7 Å². The molecule has 0 saturated carbocycles. The van der Waals surface area contributed by atoms with Crippen LogP contribution >= 0.6 is 0 Å². The molecule has 1 aromatic carbocycles. The molecule has 0 amide bonds. The Hall–Kier alpha value is -2.14. The second-order valence-corrected chi connectivity index (χ2v) is 4.93. The molecule has 1 atom stereocenters. The first-order valence-corrected chi connectivity index (χ1v) is 6.52. The average molecular weight is 273 g/mol. The number of aromatic amines is 1. The van der Waals surface area contributed by atoms with Gasteiger partial charge in [0.25, 0.3) is 5.56 Å². The van der Waals surface area contributed by atoms with Crippen LogP contribution in [0.15, 0.2) is 35.1 Å².